The molecule has 0 atom stereocenters. The summed E-state index contributed by atoms with van der Waals surface area (Å²) in [5.74, 6) is -1.25. The molecular formula is C7H4BrO3-. The van der Waals surface area contributed by atoms with E-state index in [-0.39, 0.29) is 15.8 Å². The summed E-state index contributed by atoms with van der Waals surface area (Å²) >= 11 is 2.94. The van der Waals surface area contributed by atoms with Crippen LogP contribution in [0.4, 0.5) is 0 Å². The van der Waals surface area contributed by atoms with E-state index in [0.717, 1.165) is 0 Å². The number of carboxylic acid groups (broad SMARTS) is 1. The highest BCUT2D eigenvalue weighted by atomic mass is 79.9. The molecule has 0 saturated carbocycles. The van der Waals surface area contributed by atoms with Gasteiger partial charge in [-0.1, -0.05) is 27.7 Å². The number of halogens is 1. The maximum absolute atomic E-state index is 10.8. The Bertz CT molecular complexity index is 296. The first kappa shape index (κ1) is 8.07. The number of benzene rings is 1. The largest absolute Gasteiger partial charge is 0.872 e. The lowest BCUT2D eigenvalue weighted by Crippen LogP contribution is -1.98. The van der Waals surface area contributed by atoms with Gasteiger partial charge >= 0.3 is 5.97 Å². The Morgan fingerprint density at radius 3 is 2.64 bits per heavy atom. The second kappa shape index (κ2) is 2.92. The van der Waals surface area contributed by atoms with Gasteiger partial charge in [0.2, 0.25) is 0 Å². The Labute approximate surface area is 71.4 Å². The highest BCUT2D eigenvalue weighted by molar-refractivity contribution is 9.10. The number of carbonyl (C=O) groups is 1. The van der Waals surface area contributed by atoms with Gasteiger partial charge in [-0.15, -0.1) is 0 Å². The third kappa shape index (κ3) is 1.71. The van der Waals surface area contributed by atoms with Crippen molar-refractivity contribution >= 4 is 21.9 Å². The molecule has 0 aliphatic heterocycles. The second-order valence-electron chi connectivity index (χ2n) is 1.95. The minimum Gasteiger partial charge on any atom is -0.872 e. The standard InChI is InChI=1S/C7H5BrO3/c8-5-3-4(7(10)11)1-2-6(5)9/h1-3,9H,(H,10,11)/p-1. The zero-order valence-electron chi connectivity index (χ0n) is 5.37. The maximum atomic E-state index is 10.8. The van der Waals surface area contributed by atoms with Crippen molar-refractivity contribution < 1.29 is 15.0 Å². The van der Waals surface area contributed by atoms with Crippen LogP contribution in [0.15, 0.2) is 22.7 Å². The fourth-order valence-electron chi connectivity index (χ4n) is 0.634. The topological polar surface area (TPSA) is 60.4 Å². The third-order valence-electron chi connectivity index (χ3n) is 1.18. The quantitative estimate of drug-likeness (QED) is 0.767. The van der Waals surface area contributed by atoms with E-state index in [4.69, 9.17) is 5.11 Å². The number of carboxylic acids is 1. The molecule has 11 heavy (non-hydrogen) atoms. The van der Waals surface area contributed by atoms with Crippen LogP contribution in [0.25, 0.3) is 0 Å². The molecule has 0 bridgehead atoms. The van der Waals surface area contributed by atoms with Crippen LogP contribution in [0.2, 0.25) is 0 Å². The van der Waals surface area contributed by atoms with Crippen molar-refractivity contribution in [1.29, 1.82) is 0 Å². The molecular weight excluding hydrogens is 212 g/mol. The zero-order chi connectivity index (χ0) is 8.43. The molecule has 58 valence electrons. The Balaban J connectivity index is 3.15. The third-order valence-corrected chi connectivity index (χ3v) is 1.80. The lowest BCUT2D eigenvalue weighted by atomic mass is 10.2. The predicted octanol–water partition coefficient (Wildman–Crippen LogP) is 1.22. The predicted molar refractivity (Wildman–Crippen MR) is 40.5 cm³/mol. The smallest absolute Gasteiger partial charge is 0.335 e. The van der Waals surface area contributed by atoms with Crippen LogP contribution in [0, 0.1) is 0 Å². The van der Waals surface area contributed by atoms with Crippen LogP contribution < -0.4 is 5.11 Å². The summed E-state index contributed by atoms with van der Waals surface area (Å²) in [7, 11) is 0. The molecule has 1 aromatic carbocycles. The van der Waals surface area contributed by atoms with Gasteiger partial charge in [-0.3, -0.25) is 0 Å². The van der Waals surface area contributed by atoms with Gasteiger partial charge in [-0.05, 0) is 12.1 Å². The van der Waals surface area contributed by atoms with E-state index in [0.29, 0.717) is 0 Å². The van der Waals surface area contributed by atoms with Crippen LogP contribution in [0.1, 0.15) is 10.4 Å². The lowest BCUT2D eigenvalue weighted by Gasteiger charge is -2.07. The first-order chi connectivity index (χ1) is 5.11. The highest BCUT2D eigenvalue weighted by Gasteiger charge is 2.01. The first-order valence-electron chi connectivity index (χ1n) is 2.81. The normalized spacial score (nSPS) is 9.55. The molecule has 0 fully saturated rings. The number of rotatable bonds is 1. The van der Waals surface area contributed by atoms with Crippen molar-refractivity contribution in [2.75, 3.05) is 0 Å². The molecule has 0 amide bonds. The van der Waals surface area contributed by atoms with E-state index in [9.17, 15) is 9.90 Å². The van der Waals surface area contributed by atoms with E-state index in [2.05, 4.69) is 15.9 Å². The molecule has 1 N–H and O–H groups in total. The fraction of sp³-hybridized carbons (Fsp3) is 0. The minimum absolute atomic E-state index is 0.108. The summed E-state index contributed by atoms with van der Waals surface area (Å²) in [5, 5.41) is 19.2. The van der Waals surface area contributed by atoms with E-state index < -0.39 is 5.97 Å². The molecule has 0 unspecified atom stereocenters. The zero-order valence-corrected chi connectivity index (χ0v) is 6.96. The van der Waals surface area contributed by atoms with Gasteiger partial charge < -0.3 is 10.2 Å². The van der Waals surface area contributed by atoms with Crippen LogP contribution >= 0.6 is 15.9 Å². The molecule has 1 aromatic rings. The van der Waals surface area contributed by atoms with Crippen molar-refractivity contribution in [3.63, 3.8) is 0 Å². The first-order valence-corrected chi connectivity index (χ1v) is 3.60. The number of hydrogen-bond acceptors (Lipinski definition) is 2. The Morgan fingerprint density at radius 2 is 2.18 bits per heavy atom. The van der Waals surface area contributed by atoms with Crippen LogP contribution in [-0.4, -0.2) is 11.1 Å². The van der Waals surface area contributed by atoms with Gasteiger partial charge in [-0.2, -0.15) is 0 Å². The van der Waals surface area contributed by atoms with E-state index in [1.165, 1.54) is 18.2 Å². The summed E-state index contributed by atoms with van der Waals surface area (Å²) in [6, 6.07) is 3.77. The van der Waals surface area contributed by atoms with Gasteiger partial charge in [0.05, 0.1) is 5.56 Å². The fourth-order valence-corrected chi connectivity index (χ4v) is 1.01. The monoisotopic (exact) mass is 215 g/mol. The minimum atomic E-state index is -1.04. The van der Waals surface area contributed by atoms with Gasteiger partial charge in [0.1, 0.15) is 0 Å². The Morgan fingerprint density at radius 1 is 1.55 bits per heavy atom. The van der Waals surface area contributed by atoms with Crippen molar-refractivity contribution in [3.8, 4) is 5.75 Å². The van der Waals surface area contributed by atoms with Crippen molar-refractivity contribution in [1.82, 2.24) is 0 Å². The van der Waals surface area contributed by atoms with E-state index >= 15 is 0 Å². The summed E-state index contributed by atoms with van der Waals surface area (Å²) in [6.07, 6.45) is 0. The van der Waals surface area contributed by atoms with Gasteiger partial charge in [0.15, 0.2) is 0 Å². The summed E-state index contributed by atoms with van der Waals surface area (Å²) in [4.78, 5) is 10.3. The van der Waals surface area contributed by atoms with E-state index in [1.807, 2.05) is 0 Å². The lowest BCUT2D eigenvalue weighted by molar-refractivity contribution is -0.269. The van der Waals surface area contributed by atoms with E-state index in [1.54, 1.807) is 0 Å². The van der Waals surface area contributed by atoms with Crippen molar-refractivity contribution in [2.45, 2.75) is 0 Å². The molecule has 1 rings (SSSR count). The SMILES string of the molecule is O=C(O)c1ccc([O-])c(Br)c1. The maximum Gasteiger partial charge on any atom is 0.335 e. The van der Waals surface area contributed by atoms with Gasteiger partial charge in [-0.25, -0.2) is 4.79 Å². The van der Waals surface area contributed by atoms with Gasteiger partial charge in [0, 0.05) is 4.47 Å². The van der Waals surface area contributed by atoms with Crippen molar-refractivity contribution in [2.24, 2.45) is 0 Å². The van der Waals surface area contributed by atoms with Crippen LogP contribution in [-0.2, 0) is 0 Å². The molecule has 0 aromatic heterocycles. The number of aromatic carboxylic acids is 1. The molecule has 0 saturated heterocycles. The van der Waals surface area contributed by atoms with Crippen LogP contribution in [0.5, 0.6) is 5.75 Å². The number of hydrogen-bond donors (Lipinski definition) is 1. The Hall–Kier alpha value is -1.03. The molecule has 0 heterocycles. The highest BCUT2D eigenvalue weighted by Crippen LogP contribution is 2.21. The average molecular weight is 216 g/mol. The summed E-state index contributed by atoms with van der Waals surface area (Å²) < 4.78 is 0.275. The molecule has 0 aliphatic rings. The molecule has 0 radical (unpaired) electrons. The molecule has 4 heteroatoms. The molecule has 0 spiro atoms. The Kier molecular flexibility index (Phi) is 2.14. The summed E-state index contributed by atoms with van der Waals surface area (Å²) in [5.41, 5.74) is 0.108. The molecule has 0 aliphatic carbocycles. The molecule has 3 nitrogen and oxygen atoms in total. The summed E-state index contributed by atoms with van der Waals surface area (Å²) in [6.45, 7) is 0. The average Bonchev–Trinajstić information content (AvgIpc) is 1.94. The second-order valence-corrected chi connectivity index (χ2v) is 2.80. The van der Waals surface area contributed by atoms with Crippen LogP contribution in [0.3, 0.4) is 0 Å². The van der Waals surface area contributed by atoms with Gasteiger partial charge in [0.25, 0.3) is 0 Å². The van der Waals surface area contributed by atoms with Crippen molar-refractivity contribution in [3.05, 3.63) is 28.2 Å².